The predicted molar refractivity (Wildman–Crippen MR) is 117 cm³/mol. The monoisotopic (exact) mass is 450 g/mol. The number of amides is 1. The van der Waals surface area contributed by atoms with Gasteiger partial charge in [-0.25, -0.2) is 8.42 Å². The van der Waals surface area contributed by atoms with Gasteiger partial charge in [0.25, 0.3) is 0 Å². The normalized spacial score (nSPS) is 16.2. The smallest absolute Gasteiger partial charge is 0.243 e. The maximum Gasteiger partial charge on any atom is 0.243 e. The van der Waals surface area contributed by atoms with Gasteiger partial charge in [0.1, 0.15) is 5.75 Å². The summed E-state index contributed by atoms with van der Waals surface area (Å²) in [6.07, 6.45) is 2.83. The van der Waals surface area contributed by atoms with Crippen LogP contribution in [-0.2, 0) is 21.2 Å². The van der Waals surface area contributed by atoms with Crippen LogP contribution in [0.1, 0.15) is 43.9 Å². The number of hydrogen-bond acceptors (Lipinski definition) is 4. The number of nitrogens with zero attached hydrogens (tertiary/aromatic N) is 1. The number of nitrogens with one attached hydrogen (secondary N) is 1. The Morgan fingerprint density at radius 3 is 2.70 bits per heavy atom. The fourth-order valence-corrected chi connectivity index (χ4v) is 5.47. The summed E-state index contributed by atoms with van der Waals surface area (Å²) in [7, 11) is -3.87. The van der Waals surface area contributed by atoms with Gasteiger partial charge in [-0.3, -0.25) is 4.79 Å². The molecule has 0 saturated carbocycles. The summed E-state index contributed by atoms with van der Waals surface area (Å²) in [4.78, 5) is 12.7. The van der Waals surface area contributed by atoms with E-state index in [0.717, 1.165) is 29.1 Å². The third-order valence-electron chi connectivity index (χ3n) is 5.22. The van der Waals surface area contributed by atoms with Gasteiger partial charge in [-0.15, -0.1) is 0 Å². The summed E-state index contributed by atoms with van der Waals surface area (Å²) in [6, 6.07) is 12.3. The van der Waals surface area contributed by atoms with Gasteiger partial charge in [0.2, 0.25) is 15.9 Å². The molecule has 0 aliphatic heterocycles. The molecule has 1 unspecified atom stereocenters. The Kier molecular flexibility index (Phi) is 7.39. The molecule has 1 N–H and O–H groups in total. The number of hydrogen-bond donors (Lipinski definition) is 1. The Labute approximate surface area is 183 Å². The first-order valence-electron chi connectivity index (χ1n) is 10.2. The minimum atomic E-state index is -3.87. The Hall–Kier alpha value is -2.09. The van der Waals surface area contributed by atoms with E-state index in [-0.39, 0.29) is 35.0 Å². The number of halogens is 1. The number of benzene rings is 2. The molecule has 2 aromatic carbocycles. The van der Waals surface area contributed by atoms with E-state index in [9.17, 15) is 13.2 Å². The van der Waals surface area contributed by atoms with Crippen LogP contribution in [0.4, 0.5) is 0 Å². The van der Waals surface area contributed by atoms with Crippen LogP contribution in [0.15, 0.2) is 47.4 Å². The summed E-state index contributed by atoms with van der Waals surface area (Å²) in [5.41, 5.74) is 2.35. The molecule has 2 aromatic rings. The SMILES string of the molecule is CCOc1ccc(S(=O)(=O)N(CC)CC(=O)NC2CCCc3ccccc32)cc1Cl. The molecule has 3 rings (SSSR count). The second-order valence-electron chi connectivity index (χ2n) is 7.17. The zero-order chi connectivity index (χ0) is 21.7. The van der Waals surface area contributed by atoms with Crippen LogP contribution < -0.4 is 10.1 Å². The number of ether oxygens (including phenoxy) is 1. The summed E-state index contributed by atoms with van der Waals surface area (Å²) in [6.45, 7) is 3.88. The van der Waals surface area contributed by atoms with E-state index in [1.54, 1.807) is 6.92 Å². The average molecular weight is 451 g/mol. The lowest BCUT2D eigenvalue weighted by atomic mass is 9.88. The zero-order valence-corrected chi connectivity index (χ0v) is 18.8. The first kappa shape index (κ1) is 22.6. The molecule has 0 saturated heterocycles. The lowest BCUT2D eigenvalue weighted by Crippen LogP contribution is -2.42. The molecule has 0 spiro atoms. The zero-order valence-electron chi connectivity index (χ0n) is 17.2. The highest BCUT2D eigenvalue weighted by molar-refractivity contribution is 7.89. The van der Waals surface area contributed by atoms with Crippen LogP contribution in [-0.4, -0.2) is 38.3 Å². The molecule has 1 aliphatic carbocycles. The Morgan fingerprint density at radius 1 is 1.23 bits per heavy atom. The van der Waals surface area contributed by atoms with E-state index < -0.39 is 10.0 Å². The Balaban J connectivity index is 1.73. The number of sulfonamides is 1. The second kappa shape index (κ2) is 9.81. The fourth-order valence-electron chi connectivity index (χ4n) is 3.73. The number of aryl methyl sites for hydroxylation is 1. The highest BCUT2D eigenvalue weighted by atomic mass is 35.5. The second-order valence-corrected chi connectivity index (χ2v) is 9.51. The quantitative estimate of drug-likeness (QED) is 0.660. The van der Waals surface area contributed by atoms with E-state index in [2.05, 4.69) is 11.4 Å². The van der Waals surface area contributed by atoms with Gasteiger partial charge in [-0.2, -0.15) is 4.31 Å². The first-order chi connectivity index (χ1) is 14.4. The fraction of sp³-hybridized carbons (Fsp3) is 0.409. The van der Waals surface area contributed by atoms with Crippen molar-refractivity contribution in [2.24, 2.45) is 0 Å². The van der Waals surface area contributed by atoms with Crippen LogP contribution in [0.5, 0.6) is 5.75 Å². The molecule has 162 valence electrons. The van der Waals surface area contributed by atoms with Gasteiger partial charge < -0.3 is 10.1 Å². The van der Waals surface area contributed by atoms with Crippen molar-refractivity contribution in [3.63, 3.8) is 0 Å². The lowest BCUT2D eigenvalue weighted by molar-refractivity contribution is -0.122. The van der Waals surface area contributed by atoms with Crippen molar-refractivity contribution in [3.05, 3.63) is 58.6 Å². The molecule has 0 bridgehead atoms. The highest BCUT2D eigenvalue weighted by Crippen LogP contribution is 2.30. The van der Waals surface area contributed by atoms with Crippen LogP contribution in [0.25, 0.3) is 0 Å². The van der Waals surface area contributed by atoms with Crippen LogP contribution >= 0.6 is 11.6 Å². The van der Waals surface area contributed by atoms with Crippen LogP contribution in [0, 0.1) is 0 Å². The van der Waals surface area contributed by atoms with E-state index in [4.69, 9.17) is 16.3 Å². The Morgan fingerprint density at radius 2 is 2.00 bits per heavy atom. The van der Waals surface area contributed by atoms with Crippen molar-refractivity contribution in [3.8, 4) is 5.75 Å². The van der Waals surface area contributed by atoms with Gasteiger partial charge >= 0.3 is 0 Å². The van der Waals surface area contributed by atoms with Gasteiger partial charge in [0.05, 0.1) is 29.1 Å². The molecule has 0 fully saturated rings. The average Bonchev–Trinajstić information content (AvgIpc) is 2.73. The lowest BCUT2D eigenvalue weighted by Gasteiger charge is -2.27. The van der Waals surface area contributed by atoms with E-state index in [1.165, 1.54) is 23.8 Å². The van der Waals surface area contributed by atoms with Crippen LogP contribution in [0.3, 0.4) is 0 Å². The predicted octanol–water partition coefficient (Wildman–Crippen LogP) is 3.94. The summed E-state index contributed by atoms with van der Waals surface area (Å²) >= 11 is 6.16. The molecule has 0 heterocycles. The third kappa shape index (κ3) is 4.96. The van der Waals surface area contributed by atoms with Crippen molar-refractivity contribution in [1.82, 2.24) is 9.62 Å². The maximum atomic E-state index is 13.1. The number of carbonyl (C=O) groups is 1. The maximum absolute atomic E-state index is 13.1. The van der Waals surface area contributed by atoms with Gasteiger partial charge in [-0.05, 0) is 55.5 Å². The minimum absolute atomic E-state index is 0.0358. The van der Waals surface area contributed by atoms with Crippen molar-refractivity contribution >= 4 is 27.5 Å². The molecule has 6 nitrogen and oxygen atoms in total. The molecule has 8 heteroatoms. The number of carbonyl (C=O) groups excluding carboxylic acids is 1. The molecular formula is C22H27ClN2O4S. The number of fused-ring (bicyclic) bond motifs is 1. The van der Waals surface area contributed by atoms with E-state index in [1.807, 2.05) is 25.1 Å². The van der Waals surface area contributed by atoms with Gasteiger partial charge in [0, 0.05) is 6.54 Å². The molecule has 1 atom stereocenters. The highest BCUT2D eigenvalue weighted by Gasteiger charge is 2.28. The largest absolute Gasteiger partial charge is 0.492 e. The molecule has 0 aromatic heterocycles. The Bertz CT molecular complexity index is 1010. The standard InChI is InChI=1S/C22H27ClN2O4S/c1-3-25(30(27,28)17-12-13-21(29-4-2)19(23)14-17)15-22(26)24-20-11-7-9-16-8-5-6-10-18(16)20/h5-6,8,10,12-14,20H,3-4,7,9,11,15H2,1-2H3,(H,24,26). The van der Waals surface area contributed by atoms with E-state index in [0.29, 0.717) is 12.4 Å². The third-order valence-corrected chi connectivity index (χ3v) is 7.43. The summed E-state index contributed by atoms with van der Waals surface area (Å²) < 4.78 is 32.6. The first-order valence-corrected chi connectivity index (χ1v) is 12.0. The van der Waals surface area contributed by atoms with Crippen molar-refractivity contribution < 1.29 is 17.9 Å². The van der Waals surface area contributed by atoms with E-state index >= 15 is 0 Å². The van der Waals surface area contributed by atoms with Gasteiger partial charge in [0.15, 0.2) is 0 Å². The van der Waals surface area contributed by atoms with Crippen molar-refractivity contribution in [2.75, 3.05) is 19.7 Å². The molecule has 30 heavy (non-hydrogen) atoms. The van der Waals surface area contributed by atoms with Crippen molar-refractivity contribution in [1.29, 1.82) is 0 Å². The van der Waals surface area contributed by atoms with Crippen molar-refractivity contribution in [2.45, 2.75) is 44.0 Å². The van der Waals surface area contributed by atoms with Crippen LogP contribution in [0.2, 0.25) is 5.02 Å². The van der Waals surface area contributed by atoms with Gasteiger partial charge in [-0.1, -0.05) is 42.8 Å². The topological polar surface area (TPSA) is 75.7 Å². The molecule has 0 radical (unpaired) electrons. The minimum Gasteiger partial charge on any atom is -0.492 e. The molecular weight excluding hydrogens is 424 g/mol. The molecule has 1 aliphatic rings. The number of likely N-dealkylation sites (N-methyl/N-ethyl adjacent to an activating group) is 1. The summed E-state index contributed by atoms with van der Waals surface area (Å²) in [5, 5.41) is 3.23. The molecule has 1 amide bonds. The summed E-state index contributed by atoms with van der Waals surface area (Å²) in [5.74, 6) is 0.106. The number of rotatable bonds is 8.